The summed E-state index contributed by atoms with van der Waals surface area (Å²) in [5.41, 5.74) is -0.883. The maximum Gasteiger partial charge on any atom is 0.130 e. The van der Waals surface area contributed by atoms with Gasteiger partial charge in [-0.1, -0.05) is 24.6 Å². The highest BCUT2D eigenvalue weighted by atomic mass is 35.5. The fraction of sp³-hybridized carbons (Fsp3) is 0.500. The third-order valence-corrected chi connectivity index (χ3v) is 2.79. The zero-order valence-corrected chi connectivity index (χ0v) is 10.3. The first-order valence-corrected chi connectivity index (χ1v) is 5.74. The Balaban J connectivity index is 2.80. The zero-order chi connectivity index (χ0) is 12.2. The number of benzene rings is 1. The molecule has 0 aliphatic heterocycles. The summed E-state index contributed by atoms with van der Waals surface area (Å²) in [6, 6.07) is 4.34. The van der Waals surface area contributed by atoms with E-state index in [9.17, 15) is 9.50 Å². The van der Waals surface area contributed by atoms with E-state index in [1.54, 1.807) is 13.0 Å². The molecule has 0 aliphatic carbocycles. The average Bonchev–Trinajstić information content (AvgIpc) is 2.17. The fourth-order valence-electron chi connectivity index (χ4n) is 1.57. The van der Waals surface area contributed by atoms with Gasteiger partial charge < -0.3 is 10.4 Å². The van der Waals surface area contributed by atoms with Crippen LogP contribution in [0, 0.1) is 5.82 Å². The number of rotatable bonds is 5. The second-order valence-electron chi connectivity index (χ2n) is 4.00. The van der Waals surface area contributed by atoms with E-state index in [1.807, 2.05) is 6.92 Å². The summed E-state index contributed by atoms with van der Waals surface area (Å²) >= 11 is 5.66. The van der Waals surface area contributed by atoms with Gasteiger partial charge in [-0.3, -0.25) is 0 Å². The van der Waals surface area contributed by atoms with E-state index in [1.165, 1.54) is 12.1 Å². The summed E-state index contributed by atoms with van der Waals surface area (Å²) in [6.07, 6.45) is 0.458. The Kier molecular flexibility index (Phi) is 4.71. The van der Waals surface area contributed by atoms with Crippen molar-refractivity contribution in [3.8, 4) is 0 Å². The van der Waals surface area contributed by atoms with Gasteiger partial charge in [-0.05, 0) is 38.6 Å². The van der Waals surface area contributed by atoms with Crippen molar-refractivity contribution in [2.24, 2.45) is 0 Å². The molecule has 0 aliphatic rings. The van der Waals surface area contributed by atoms with Crippen molar-refractivity contribution in [2.45, 2.75) is 25.9 Å². The predicted molar refractivity (Wildman–Crippen MR) is 64.1 cm³/mol. The first kappa shape index (κ1) is 13.4. The molecule has 1 atom stereocenters. The van der Waals surface area contributed by atoms with Crippen molar-refractivity contribution in [3.05, 3.63) is 34.6 Å². The largest absolute Gasteiger partial charge is 0.385 e. The summed E-state index contributed by atoms with van der Waals surface area (Å²) in [6.45, 7) is 5.07. The topological polar surface area (TPSA) is 32.3 Å². The Labute approximate surface area is 100 Å². The third-order valence-electron chi connectivity index (χ3n) is 2.55. The van der Waals surface area contributed by atoms with Gasteiger partial charge in [-0.25, -0.2) is 4.39 Å². The minimum absolute atomic E-state index is 0.287. The lowest BCUT2D eigenvalue weighted by Crippen LogP contribution is -2.28. The molecule has 2 N–H and O–H groups in total. The van der Waals surface area contributed by atoms with Crippen LogP contribution in [0.25, 0.3) is 0 Å². The van der Waals surface area contributed by atoms with Gasteiger partial charge in [0.25, 0.3) is 0 Å². The van der Waals surface area contributed by atoms with E-state index >= 15 is 0 Å². The molecular weight excluding hydrogens is 229 g/mol. The molecule has 16 heavy (non-hydrogen) atoms. The van der Waals surface area contributed by atoms with Crippen LogP contribution in [0.2, 0.25) is 5.02 Å². The summed E-state index contributed by atoms with van der Waals surface area (Å²) in [7, 11) is 0. The number of hydrogen-bond donors (Lipinski definition) is 2. The lowest BCUT2D eigenvalue weighted by Gasteiger charge is -2.24. The molecule has 0 amide bonds. The zero-order valence-electron chi connectivity index (χ0n) is 9.56. The van der Waals surface area contributed by atoms with Crippen LogP contribution >= 0.6 is 11.6 Å². The average molecular weight is 246 g/mol. The standard InChI is InChI=1S/C12H17ClFNO/c1-3-15-7-6-12(2,16)10-5-4-9(13)8-11(10)14/h4-5,8,15-16H,3,6-7H2,1-2H3. The molecule has 4 heteroatoms. The first-order valence-electron chi connectivity index (χ1n) is 5.36. The Morgan fingerprint density at radius 2 is 2.19 bits per heavy atom. The lowest BCUT2D eigenvalue weighted by atomic mass is 9.92. The van der Waals surface area contributed by atoms with Crippen molar-refractivity contribution in [2.75, 3.05) is 13.1 Å². The SMILES string of the molecule is CCNCCC(C)(O)c1ccc(Cl)cc1F. The van der Waals surface area contributed by atoms with Crippen LogP contribution in [0.4, 0.5) is 4.39 Å². The molecule has 0 bridgehead atoms. The maximum atomic E-state index is 13.6. The van der Waals surface area contributed by atoms with Crippen molar-refractivity contribution in [1.82, 2.24) is 5.32 Å². The van der Waals surface area contributed by atoms with Crippen LogP contribution < -0.4 is 5.32 Å². The summed E-state index contributed by atoms with van der Waals surface area (Å²) in [5, 5.41) is 13.6. The van der Waals surface area contributed by atoms with Crippen LogP contribution in [-0.4, -0.2) is 18.2 Å². The first-order chi connectivity index (χ1) is 7.47. The van der Waals surface area contributed by atoms with E-state index in [2.05, 4.69) is 5.32 Å². The van der Waals surface area contributed by atoms with E-state index in [0.717, 1.165) is 6.54 Å². The molecule has 0 saturated carbocycles. The van der Waals surface area contributed by atoms with E-state index < -0.39 is 11.4 Å². The van der Waals surface area contributed by atoms with Gasteiger partial charge in [0.15, 0.2) is 0 Å². The van der Waals surface area contributed by atoms with Gasteiger partial charge in [-0.2, -0.15) is 0 Å². The summed E-state index contributed by atoms with van der Waals surface area (Å²) < 4.78 is 13.6. The van der Waals surface area contributed by atoms with E-state index in [-0.39, 0.29) is 5.56 Å². The number of nitrogens with one attached hydrogen (secondary N) is 1. The summed E-state index contributed by atoms with van der Waals surface area (Å²) in [4.78, 5) is 0. The molecular formula is C12H17ClFNO. The van der Waals surface area contributed by atoms with Gasteiger partial charge in [0.1, 0.15) is 5.82 Å². The minimum atomic E-state index is -1.17. The highest BCUT2D eigenvalue weighted by Crippen LogP contribution is 2.28. The van der Waals surface area contributed by atoms with Gasteiger partial charge in [0.05, 0.1) is 5.60 Å². The van der Waals surface area contributed by atoms with Gasteiger partial charge >= 0.3 is 0 Å². The molecule has 0 radical (unpaired) electrons. The van der Waals surface area contributed by atoms with Crippen molar-refractivity contribution >= 4 is 11.6 Å². The highest BCUT2D eigenvalue weighted by molar-refractivity contribution is 6.30. The van der Waals surface area contributed by atoms with E-state index in [4.69, 9.17) is 11.6 Å². The van der Waals surface area contributed by atoms with Crippen LogP contribution in [-0.2, 0) is 5.60 Å². The molecule has 2 nitrogen and oxygen atoms in total. The minimum Gasteiger partial charge on any atom is -0.385 e. The molecule has 1 aromatic rings. The molecule has 0 spiro atoms. The van der Waals surface area contributed by atoms with Crippen molar-refractivity contribution < 1.29 is 9.50 Å². The molecule has 1 rings (SSSR count). The monoisotopic (exact) mass is 245 g/mol. The third kappa shape index (κ3) is 3.44. The Bertz CT molecular complexity index is 355. The van der Waals surface area contributed by atoms with Gasteiger partial charge in [0, 0.05) is 10.6 Å². The number of halogens is 2. The fourth-order valence-corrected chi connectivity index (χ4v) is 1.73. The number of aliphatic hydroxyl groups is 1. The molecule has 1 aromatic carbocycles. The maximum absolute atomic E-state index is 13.6. The smallest absolute Gasteiger partial charge is 0.130 e. The number of hydrogen-bond acceptors (Lipinski definition) is 2. The second-order valence-corrected chi connectivity index (χ2v) is 4.44. The Morgan fingerprint density at radius 1 is 1.50 bits per heavy atom. The van der Waals surface area contributed by atoms with Crippen molar-refractivity contribution in [3.63, 3.8) is 0 Å². The molecule has 0 fully saturated rings. The molecule has 90 valence electrons. The normalized spacial score (nSPS) is 14.8. The second kappa shape index (κ2) is 5.62. The molecule has 0 aromatic heterocycles. The van der Waals surface area contributed by atoms with Crippen LogP contribution in [0.15, 0.2) is 18.2 Å². The quantitative estimate of drug-likeness (QED) is 0.782. The molecule has 1 unspecified atom stereocenters. The van der Waals surface area contributed by atoms with Gasteiger partial charge in [-0.15, -0.1) is 0 Å². The predicted octanol–water partition coefficient (Wildman–Crippen LogP) is 2.69. The van der Waals surface area contributed by atoms with E-state index in [0.29, 0.717) is 18.0 Å². The van der Waals surface area contributed by atoms with Gasteiger partial charge in [0.2, 0.25) is 0 Å². The van der Waals surface area contributed by atoms with Crippen molar-refractivity contribution in [1.29, 1.82) is 0 Å². The lowest BCUT2D eigenvalue weighted by molar-refractivity contribution is 0.0445. The Morgan fingerprint density at radius 3 is 2.75 bits per heavy atom. The molecule has 0 heterocycles. The Hall–Kier alpha value is -0.640. The highest BCUT2D eigenvalue weighted by Gasteiger charge is 2.25. The van der Waals surface area contributed by atoms with Crippen LogP contribution in [0.3, 0.4) is 0 Å². The van der Waals surface area contributed by atoms with Crippen LogP contribution in [0.1, 0.15) is 25.8 Å². The molecule has 0 saturated heterocycles. The summed E-state index contributed by atoms with van der Waals surface area (Å²) in [5.74, 6) is -0.464. The van der Waals surface area contributed by atoms with Crippen LogP contribution in [0.5, 0.6) is 0 Å².